The molecule has 0 unspecified atom stereocenters. The Morgan fingerprint density at radius 2 is 1.75 bits per heavy atom. The van der Waals surface area contributed by atoms with Gasteiger partial charge in [-0.15, -0.1) is 0 Å². The number of aromatic nitrogens is 1. The van der Waals surface area contributed by atoms with Crippen LogP contribution in [0.3, 0.4) is 0 Å². The minimum atomic E-state index is -0.537. The third kappa shape index (κ3) is 2.27. The van der Waals surface area contributed by atoms with Crippen LogP contribution < -0.4 is 10.6 Å². The molecule has 5 nitrogen and oxygen atoms in total. The summed E-state index contributed by atoms with van der Waals surface area (Å²) in [6.07, 6.45) is 2.36. The van der Waals surface area contributed by atoms with E-state index >= 15 is 0 Å². The van der Waals surface area contributed by atoms with E-state index in [9.17, 15) is 9.59 Å². The fourth-order valence-corrected chi connectivity index (χ4v) is 2.73. The van der Waals surface area contributed by atoms with Crippen LogP contribution in [-0.2, 0) is 16.0 Å². The van der Waals surface area contributed by atoms with Gasteiger partial charge < -0.3 is 15.6 Å². The molecule has 20 heavy (non-hydrogen) atoms. The first kappa shape index (κ1) is 13.1. The predicted molar refractivity (Wildman–Crippen MR) is 79.7 cm³/mol. The van der Waals surface area contributed by atoms with Crippen LogP contribution in [0.1, 0.15) is 5.56 Å². The normalized spacial score (nSPS) is 22.6. The van der Waals surface area contributed by atoms with E-state index in [0.717, 1.165) is 16.5 Å². The number of carbonyl (C=O) groups is 2. The zero-order valence-electron chi connectivity index (χ0n) is 10.7. The summed E-state index contributed by atoms with van der Waals surface area (Å²) < 4.78 is 0. The molecule has 0 saturated carbocycles. The molecule has 0 aliphatic carbocycles. The van der Waals surface area contributed by atoms with E-state index in [0.29, 0.717) is 12.2 Å². The van der Waals surface area contributed by atoms with Gasteiger partial charge in [0.05, 0.1) is 0 Å². The van der Waals surface area contributed by atoms with Crippen molar-refractivity contribution in [2.24, 2.45) is 0 Å². The second kappa shape index (κ2) is 5.20. The number of piperazine rings is 1. The van der Waals surface area contributed by atoms with Crippen molar-refractivity contribution in [2.75, 3.05) is 5.75 Å². The third-order valence-electron chi connectivity index (χ3n) is 3.55. The zero-order chi connectivity index (χ0) is 14.1. The third-order valence-corrected chi connectivity index (χ3v) is 3.91. The maximum atomic E-state index is 12.0. The number of hydrogen-bond acceptors (Lipinski definition) is 3. The molecule has 1 aliphatic rings. The van der Waals surface area contributed by atoms with Gasteiger partial charge in [-0.25, -0.2) is 0 Å². The number of thiol groups is 1. The summed E-state index contributed by atoms with van der Waals surface area (Å²) in [5, 5.41) is 6.52. The first-order valence-electron chi connectivity index (χ1n) is 6.45. The number of carbonyl (C=O) groups excluding carboxylic acids is 2. The first-order chi connectivity index (χ1) is 9.69. The largest absolute Gasteiger partial charge is 0.361 e. The van der Waals surface area contributed by atoms with Crippen molar-refractivity contribution in [1.29, 1.82) is 0 Å². The van der Waals surface area contributed by atoms with Gasteiger partial charge >= 0.3 is 0 Å². The fourth-order valence-electron chi connectivity index (χ4n) is 2.47. The van der Waals surface area contributed by atoms with Crippen LogP contribution in [0.2, 0.25) is 0 Å². The van der Waals surface area contributed by atoms with Crippen LogP contribution in [0.25, 0.3) is 10.9 Å². The maximum absolute atomic E-state index is 12.0. The van der Waals surface area contributed by atoms with Gasteiger partial charge in [0.1, 0.15) is 12.1 Å². The summed E-state index contributed by atoms with van der Waals surface area (Å²) in [5.41, 5.74) is 2.05. The van der Waals surface area contributed by atoms with Crippen molar-refractivity contribution >= 4 is 35.3 Å². The number of hydrogen-bond donors (Lipinski definition) is 4. The Labute approximate surface area is 121 Å². The molecule has 2 atom stereocenters. The quantitative estimate of drug-likeness (QED) is 0.626. The summed E-state index contributed by atoms with van der Waals surface area (Å²) in [7, 11) is 0. The summed E-state index contributed by atoms with van der Waals surface area (Å²) >= 11 is 4.05. The Morgan fingerprint density at radius 3 is 2.55 bits per heavy atom. The molecule has 0 bridgehead atoms. The van der Waals surface area contributed by atoms with Crippen molar-refractivity contribution in [1.82, 2.24) is 15.6 Å². The number of benzene rings is 1. The molecule has 1 aliphatic heterocycles. The van der Waals surface area contributed by atoms with Gasteiger partial charge in [-0.2, -0.15) is 12.6 Å². The molecule has 1 fully saturated rings. The van der Waals surface area contributed by atoms with Gasteiger partial charge in [0, 0.05) is 29.3 Å². The van der Waals surface area contributed by atoms with E-state index in [4.69, 9.17) is 0 Å². The Bertz CT molecular complexity index is 667. The van der Waals surface area contributed by atoms with E-state index in [1.165, 1.54) is 0 Å². The highest BCUT2D eigenvalue weighted by atomic mass is 32.1. The average molecular weight is 289 g/mol. The molecule has 1 saturated heterocycles. The molecule has 1 aromatic heterocycles. The van der Waals surface area contributed by atoms with Crippen LogP contribution in [0, 0.1) is 0 Å². The number of aromatic amines is 1. The van der Waals surface area contributed by atoms with E-state index < -0.39 is 12.1 Å². The molecule has 1 aromatic carbocycles. The van der Waals surface area contributed by atoms with Crippen molar-refractivity contribution in [3.8, 4) is 0 Å². The molecule has 6 heteroatoms. The smallest absolute Gasteiger partial charge is 0.244 e. The van der Waals surface area contributed by atoms with Crippen molar-refractivity contribution in [3.05, 3.63) is 36.0 Å². The number of H-pyrrole nitrogens is 1. The number of rotatable bonds is 3. The van der Waals surface area contributed by atoms with E-state index in [2.05, 4.69) is 28.2 Å². The monoisotopic (exact) mass is 289 g/mol. The summed E-state index contributed by atoms with van der Waals surface area (Å²) in [6.45, 7) is 0. The number of para-hydroxylation sites is 1. The van der Waals surface area contributed by atoms with Crippen LogP contribution in [0.15, 0.2) is 30.5 Å². The lowest BCUT2D eigenvalue weighted by Gasteiger charge is -2.28. The first-order valence-corrected chi connectivity index (χ1v) is 7.09. The molecule has 3 rings (SSSR count). The number of amides is 2. The molecular weight excluding hydrogens is 274 g/mol. The molecule has 2 aromatic rings. The molecule has 104 valence electrons. The van der Waals surface area contributed by atoms with E-state index in [1.54, 1.807) is 0 Å². The molecule has 2 heterocycles. The molecule has 2 amide bonds. The highest BCUT2D eigenvalue weighted by molar-refractivity contribution is 7.80. The van der Waals surface area contributed by atoms with Gasteiger partial charge in [0.15, 0.2) is 0 Å². The highest BCUT2D eigenvalue weighted by Crippen LogP contribution is 2.19. The minimum absolute atomic E-state index is 0.158. The lowest BCUT2D eigenvalue weighted by atomic mass is 10.0. The summed E-state index contributed by atoms with van der Waals surface area (Å²) in [5.74, 6) is -0.0319. The average Bonchev–Trinajstić information content (AvgIpc) is 2.86. The van der Waals surface area contributed by atoms with Crippen LogP contribution in [0.5, 0.6) is 0 Å². The second-order valence-corrected chi connectivity index (χ2v) is 5.23. The van der Waals surface area contributed by atoms with E-state index in [1.807, 2.05) is 30.5 Å². The summed E-state index contributed by atoms with van der Waals surface area (Å²) in [6, 6.07) is 6.82. The molecule has 0 radical (unpaired) electrons. The molecule has 0 spiro atoms. The van der Waals surface area contributed by atoms with Gasteiger partial charge in [0.2, 0.25) is 11.8 Å². The number of nitrogens with one attached hydrogen (secondary N) is 3. The van der Waals surface area contributed by atoms with Crippen LogP contribution >= 0.6 is 12.6 Å². The van der Waals surface area contributed by atoms with Crippen LogP contribution in [0.4, 0.5) is 0 Å². The van der Waals surface area contributed by atoms with Gasteiger partial charge in [0.25, 0.3) is 0 Å². The van der Waals surface area contributed by atoms with Crippen molar-refractivity contribution < 1.29 is 9.59 Å². The lowest BCUT2D eigenvalue weighted by Crippen LogP contribution is -2.62. The van der Waals surface area contributed by atoms with Crippen molar-refractivity contribution in [2.45, 2.75) is 18.5 Å². The topological polar surface area (TPSA) is 74.0 Å². The SMILES string of the molecule is O=C1N[C@@H](Cc2c[nH]c3ccccc23)C(=O)N[C@H]1CS. The minimum Gasteiger partial charge on any atom is -0.361 e. The molecule has 3 N–H and O–H groups in total. The second-order valence-electron chi connectivity index (χ2n) is 4.87. The van der Waals surface area contributed by atoms with E-state index in [-0.39, 0.29) is 11.8 Å². The van der Waals surface area contributed by atoms with Crippen molar-refractivity contribution in [3.63, 3.8) is 0 Å². The predicted octanol–water partition coefficient (Wildman–Crippen LogP) is 0.623. The fraction of sp³-hybridized carbons (Fsp3) is 0.286. The Morgan fingerprint density at radius 1 is 1.05 bits per heavy atom. The highest BCUT2D eigenvalue weighted by Gasteiger charge is 2.33. The summed E-state index contributed by atoms with van der Waals surface area (Å²) in [4.78, 5) is 27.0. The Hall–Kier alpha value is -1.95. The lowest BCUT2D eigenvalue weighted by molar-refractivity contribution is -0.136. The maximum Gasteiger partial charge on any atom is 0.244 e. The zero-order valence-corrected chi connectivity index (χ0v) is 11.6. The Kier molecular flexibility index (Phi) is 3.40. The standard InChI is InChI=1S/C14H15N3O2S/c18-13-11(16-14(19)12(7-20)17-13)5-8-6-15-10-4-2-1-3-9(8)10/h1-4,6,11-12,15,20H,5,7H2,(H,16,19)(H,17,18)/t11-,12-/m0/s1. The number of fused-ring (bicyclic) bond motifs is 1. The van der Waals surface area contributed by atoms with Gasteiger partial charge in [-0.3, -0.25) is 9.59 Å². The Balaban J connectivity index is 1.81. The van der Waals surface area contributed by atoms with Gasteiger partial charge in [-0.05, 0) is 11.6 Å². The molecular formula is C14H15N3O2S. The van der Waals surface area contributed by atoms with Gasteiger partial charge in [-0.1, -0.05) is 18.2 Å². The van der Waals surface area contributed by atoms with Crippen LogP contribution in [-0.4, -0.2) is 34.6 Å².